The zero-order chi connectivity index (χ0) is 31.6. The summed E-state index contributed by atoms with van der Waals surface area (Å²) in [6.45, 7) is 0. The standard InChI is InChI=1S/C46H28O2/c1-2-11-29(12-3-1)33-14-4-5-15-34(33)31-21-23-35-41-27-32(22-24-42(41)48-43(35)28-31)44-36-16-6-8-18-38(36)45(39-19-9-7-17-37(39)44)40-20-10-13-30-25-26-47-46(30)40/h1-28H. The summed E-state index contributed by atoms with van der Waals surface area (Å²) in [7, 11) is 0. The highest BCUT2D eigenvalue weighted by Gasteiger charge is 2.20. The fourth-order valence-electron chi connectivity index (χ4n) is 7.62. The summed E-state index contributed by atoms with van der Waals surface area (Å²) < 4.78 is 12.6. The number of furan rings is 2. The van der Waals surface area contributed by atoms with Crippen LogP contribution in [0.4, 0.5) is 0 Å². The molecule has 0 bridgehead atoms. The maximum Gasteiger partial charge on any atom is 0.141 e. The Hall–Kier alpha value is -6.38. The lowest BCUT2D eigenvalue weighted by Crippen LogP contribution is -1.91. The highest BCUT2D eigenvalue weighted by Crippen LogP contribution is 2.46. The average Bonchev–Trinajstić information content (AvgIpc) is 3.79. The molecule has 0 spiro atoms. The molecule has 0 amide bonds. The molecule has 0 saturated heterocycles. The van der Waals surface area contributed by atoms with E-state index in [1.165, 1.54) is 54.9 Å². The van der Waals surface area contributed by atoms with Gasteiger partial charge >= 0.3 is 0 Å². The third-order valence-electron chi connectivity index (χ3n) is 9.76. The topological polar surface area (TPSA) is 26.3 Å². The molecule has 10 aromatic rings. The molecule has 2 aromatic heterocycles. The number of fused-ring (bicyclic) bond motifs is 6. The Morgan fingerprint density at radius 2 is 0.958 bits per heavy atom. The van der Waals surface area contributed by atoms with Crippen LogP contribution in [0.3, 0.4) is 0 Å². The zero-order valence-corrected chi connectivity index (χ0v) is 26.0. The molecular formula is C46H28O2. The maximum absolute atomic E-state index is 6.53. The van der Waals surface area contributed by atoms with E-state index in [2.05, 4.69) is 158 Å². The number of rotatable bonds is 4. The quantitative estimate of drug-likeness (QED) is 0.185. The summed E-state index contributed by atoms with van der Waals surface area (Å²) in [6, 6.07) is 58.4. The molecule has 0 atom stereocenters. The van der Waals surface area contributed by atoms with E-state index in [0.717, 1.165) is 44.0 Å². The first-order valence-corrected chi connectivity index (χ1v) is 16.3. The Bertz CT molecular complexity index is 2780. The second-order valence-electron chi connectivity index (χ2n) is 12.4. The summed E-state index contributed by atoms with van der Waals surface area (Å²) in [6.07, 6.45) is 1.78. The Balaban J connectivity index is 1.18. The van der Waals surface area contributed by atoms with E-state index in [0.29, 0.717) is 0 Å². The van der Waals surface area contributed by atoms with Crippen molar-refractivity contribution in [3.63, 3.8) is 0 Å². The van der Waals surface area contributed by atoms with Crippen LogP contribution in [0.1, 0.15) is 0 Å². The molecule has 2 heterocycles. The van der Waals surface area contributed by atoms with E-state index >= 15 is 0 Å². The zero-order valence-electron chi connectivity index (χ0n) is 26.0. The van der Waals surface area contributed by atoms with E-state index in [9.17, 15) is 0 Å². The van der Waals surface area contributed by atoms with Crippen LogP contribution in [0.5, 0.6) is 0 Å². The maximum atomic E-state index is 6.53. The van der Waals surface area contributed by atoms with Gasteiger partial charge < -0.3 is 8.83 Å². The molecule has 10 rings (SSSR count). The lowest BCUT2D eigenvalue weighted by atomic mass is 9.85. The first-order valence-electron chi connectivity index (χ1n) is 16.3. The van der Waals surface area contributed by atoms with Gasteiger partial charge in [0.25, 0.3) is 0 Å². The lowest BCUT2D eigenvalue weighted by Gasteiger charge is -2.18. The Labute approximate surface area is 277 Å². The third kappa shape index (κ3) is 4.06. The van der Waals surface area contributed by atoms with Crippen LogP contribution in [-0.2, 0) is 0 Å². The van der Waals surface area contributed by atoms with Crippen LogP contribution in [0, 0.1) is 0 Å². The van der Waals surface area contributed by atoms with Crippen molar-refractivity contribution in [2.24, 2.45) is 0 Å². The van der Waals surface area contributed by atoms with Gasteiger partial charge in [0.05, 0.1) is 6.26 Å². The van der Waals surface area contributed by atoms with Crippen LogP contribution >= 0.6 is 0 Å². The van der Waals surface area contributed by atoms with E-state index in [4.69, 9.17) is 8.83 Å². The summed E-state index contributed by atoms with van der Waals surface area (Å²) in [5.74, 6) is 0. The van der Waals surface area contributed by atoms with Crippen LogP contribution in [0.15, 0.2) is 179 Å². The Kier molecular flexibility index (Phi) is 5.91. The van der Waals surface area contributed by atoms with Crippen LogP contribution in [-0.4, -0.2) is 0 Å². The van der Waals surface area contributed by atoms with Crippen molar-refractivity contribution in [1.82, 2.24) is 0 Å². The van der Waals surface area contributed by atoms with Crippen molar-refractivity contribution in [2.45, 2.75) is 0 Å². The second-order valence-corrected chi connectivity index (χ2v) is 12.4. The molecule has 0 aliphatic heterocycles. The monoisotopic (exact) mass is 612 g/mol. The number of benzene rings is 8. The van der Waals surface area contributed by atoms with E-state index in [1.807, 2.05) is 6.07 Å². The fourth-order valence-corrected chi connectivity index (χ4v) is 7.62. The van der Waals surface area contributed by atoms with Gasteiger partial charge in [0.1, 0.15) is 16.7 Å². The van der Waals surface area contributed by atoms with Crippen molar-refractivity contribution in [3.05, 3.63) is 170 Å². The van der Waals surface area contributed by atoms with Gasteiger partial charge in [0.2, 0.25) is 0 Å². The first kappa shape index (κ1) is 26.8. The predicted molar refractivity (Wildman–Crippen MR) is 200 cm³/mol. The smallest absolute Gasteiger partial charge is 0.141 e. The van der Waals surface area contributed by atoms with Crippen LogP contribution in [0.2, 0.25) is 0 Å². The molecular weight excluding hydrogens is 585 g/mol. The molecule has 0 aliphatic rings. The molecule has 48 heavy (non-hydrogen) atoms. The lowest BCUT2D eigenvalue weighted by molar-refractivity contribution is 0.617. The number of hydrogen-bond acceptors (Lipinski definition) is 2. The molecule has 0 radical (unpaired) electrons. The van der Waals surface area contributed by atoms with E-state index < -0.39 is 0 Å². The number of hydrogen-bond donors (Lipinski definition) is 0. The van der Waals surface area contributed by atoms with Gasteiger partial charge in [-0.15, -0.1) is 0 Å². The summed E-state index contributed by atoms with van der Waals surface area (Å²) in [4.78, 5) is 0. The molecule has 2 nitrogen and oxygen atoms in total. The molecule has 0 unspecified atom stereocenters. The minimum Gasteiger partial charge on any atom is -0.464 e. The van der Waals surface area contributed by atoms with Crippen LogP contribution in [0.25, 0.3) is 99.0 Å². The van der Waals surface area contributed by atoms with Gasteiger partial charge in [-0.1, -0.05) is 133 Å². The molecule has 224 valence electrons. The van der Waals surface area contributed by atoms with Crippen molar-refractivity contribution in [2.75, 3.05) is 0 Å². The van der Waals surface area contributed by atoms with Crippen molar-refractivity contribution < 1.29 is 8.83 Å². The minimum absolute atomic E-state index is 0.886. The molecule has 0 saturated carbocycles. The van der Waals surface area contributed by atoms with Gasteiger partial charge in [0, 0.05) is 27.3 Å². The molecule has 2 heteroatoms. The molecule has 0 aliphatic carbocycles. The summed E-state index contributed by atoms with van der Waals surface area (Å²) >= 11 is 0. The predicted octanol–water partition coefficient (Wildman–Crippen LogP) is 13.3. The van der Waals surface area contributed by atoms with Gasteiger partial charge in [-0.3, -0.25) is 0 Å². The molecule has 8 aromatic carbocycles. The summed E-state index contributed by atoms with van der Waals surface area (Å²) in [5, 5.41) is 8.16. The van der Waals surface area contributed by atoms with Gasteiger partial charge in [0.15, 0.2) is 0 Å². The molecule has 0 N–H and O–H groups in total. The van der Waals surface area contributed by atoms with Gasteiger partial charge in [-0.05, 0) is 85.3 Å². The highest BCUT2D eigenvalue weighted by atomic mass is 16.3. The van der Waals surface area contributed by atoms with E-state index in [1.54, 1.807) is 6.26 Å². The van der Waals surface area contributed by atoms with E-state index in [-0.39, 0.29) is 0 Å². The SMILES string of the molecule is c1ccc(-c2ccccc2-c2ccc3c(c2)oc2ccc(-c4c5ccccc5c(-c5cccc6ccoc56)c5ccccc45)cc23)cc1. The minimum atomic E-state index is 0.886. The summed E-state index contributed by atoms with van der Waals surface area (Å²) in [5.41, 5.74) is 12.1. The second kappa shape index (κ2) is 10.6. The van der Waals surface area contributed by atoms with Crippen LogP contribution < -0.4 is 0 Å². The van der Waals surface area contributed by atoms with Crippen molar-refractivity contribution in [1.29, 1.82) is 0 Å². The number of para-hydroxylation sites is 1. The van der Waals surface area contributed by atoms with Crippen molar-refractivity contribution in [3.8, 4) is 44.5 Å². The normalized spacial score (nSPS) is 11.8. The highest BCUT2D eigenvalue weighted by molar-refractivity contribution is 6.23. The van der Waals surface area contributed by atoms with Gasteiger partial charge in [-0.2, -0.15) is 0 Å². The average molecular weight is 613 g/mol. The fraction of sp³-hybridized carbons (Fsp3) is 0. The van der Waals surface area contributed by atoms with Crippen molar-refractivity contribution >= 4 is 54.5 Å². The largest absolute Gasteiger partial charge is 0.464 e. The van der Waals surface area contributed by atoms with Gasteiger partial charge in [-0.25, -0.2) is 0 Å². The third-order valence-corrected chi connectivity index (χ3v) is 9.76. The Morgan fingerprint density at radius 1 is 0.333 bits per heavy atom. The first-order chi connectivity index (χ1) is 23.8. The molecule has 0 fully saturated rings. The Morgan fingerprint density at radius 3 is 1.71 bits per heavy atom.